The van der Waals surface area contributed by atoms with E-state index in [1.54, 1.807) is 4.68 Å². The van der Waals surface area contributed by atoms with Gasteiger partial charge in [-0.05, 0) is 61.6 Å². The van der Waals surface area contributed by atoms with Crippen molar-refractivity contribution in [2.45, 2.75) is 47.6 Å². The van der Waals surface area contributed by atoms with E-state index < -0.39 is 0 Å². The van der Waals surface area contributed by atoms with Crippen LogP contribution in [0.4, 0.5) is 22.7 Å². The van der Waals surface area contributed by atoms with Crippen LogP contribution in [0.25, 0.3) is 0 Å². The average molecular weight is 419 g/mol. The van der Waals surface area contributed by atoms with Crippen LogP contribution < -0.4 is 0 Å². The Balaban J connectivity index is 1.76. The monoisotopic (exact) mass is 418 g/mol. The topological polar surface area (TPSA) is 87.5 Å². The molecule has 2 aromatic carbocycles. The van der Waals surface area contributed by atoms with Crippen LogP contribution in [0.2, 0.25) is 0 Å². The molecule has 1 N–H and O–H groups in total. The number of hydrogen-bond acceptors (Lipinski definition) is 6. The highest BCUT2D eigenvalue weighted by Gasteiger charge is 2.18. The summed E-state index contributed by atoms with van der Waals surface area (Å²) >= 11 is 0. The van der Waals surface area contributed by atoms with Crippen LogP contribution in [0.5, 0.6) is 5.88 Å². The van der Waals surface area contributed by atoms with Crippen molar-refractivity contribution in [3.63, 3.8) is 0 Å². The minimum absolute atomic E-state index is 0.0663. The number of azo groups is 2. The molecular weight excluding hydrogens is 388 g/mol. The Morgan fingerprint density at radius 3 is 1.74 bits per heavy atom. The standard InChI is InChI=1S/C24H30N6O/c1-16(2)14-22-23(24(31)30(29-22)15-17(3)4)28-27-21-12-10-20(11-13-21)26-25-19-8-6-18(5)7-9-19/h6-13,16-17,31H,14-15H2,1-5H3. The van der Waals surface area contributed by atoms with E-state index >= 15 is 0 Å². The molecule has 0 unspecified atom stereocenters. The first-order valence-electron chi connectivity index (χ1n) is 10.6. The summed E-state index contributed by atoms with van der Waals surface area (Å²) in [5.41, 5.74) is 4.60. The summed E-state index contributed by atoms with van der Waals surface area (Å²) in [5.74, 6) is 0.828. The smallest absolute Gasteiger partial charge is 0.238 e. The third kappa shape index (κ3) is 6.31. The summed E-state index contributed by atoms with van der Waals surface area (Å²) in [5, 5.41) is 32.3. The van der Waals surface area contributed by atoms with Gasteiger partial charge < -0.3 is 5.11 Å². The maximum absolute atomic E-state index is 10.6. The van der Waals surface area contributed by atoms with Gasteiger partial charge >= 0.3 is 0 Å². The molecule has 0 fully saturated rings. The van der Waals surface area contributed by atoms with E-state index in [9.17, 15) is 5.11 Å². The van der Waals surface area contributed by atoms with Gasteiger partial charge in [-0.25, -0.2) is 4.68 Å². The van der Waals surface area contributed by atoms with Gasteiger partial charge in [0.25, 0.3) is 0 Å². The fraction of sp³-hybridized carbons (Fsp3) is 0.375. The minimum atomic E-state index is 0.0663. The van der Waals surface area contributed by atoms with Crippen molar-refractivity contribution < 1.29 is 5.11 Å². The molecule has 7 heteroatoms. The molecule has 0 atom stereocenters. The SMILES string of the molecule is Cc1ccc(N=Nc2ccc(N=Nc3c(CC(C)C)nn(CC(C)C)c3O)cc2)cc1. The Labute approximate surface area is 183 Å². The van der Waals surface area contributed by atoms with Gasteiger partial charge in [-0.2, -0.15) is 20.4 Å². The highest BCUT2D eigenvalue weighted by Crippen LogP contribution is 2.34. The zero-order chi connectivity index (χ0) is 22.4. The zero-order valence-electron chi connectivity index (χ0n) is 18.8. The first-order valence-corrected chi connectivity index (χ1v) is 10.6. The average Bonchev–Trinajstić information content (AvgIpc) is 3.00. The lowest BCUT2D eigenvalue weighted by molar-refractivity contribution is 0.372. The van der Waals surface area contributed by atoms with E-state index in [2.05, 4.69) is 53.3 Å². The van der Waals surface area contributed by atoms with Gasteiger partial charge in [0.05, 0.1) is 22.8 Å². The number of rotatable bonds is 8. The highest BCUT2D eigenvalue weighted by molar-refractivity contribution is 5.53. The highest BCUT2D eigenvalue weighted by atomic mass is 16.3. The second-order valence-corrected chi connectivity index (χ2v) is 8.54. The molecule has 1 heterocycles. The molecule has 0 spiro atoms. The molecule has 0 saturated carbocycles. The fourth-order valence-corrected chi connectivity index (χ4v) is 3.01. The Hall–Kier alpha value is -3.35. The molecule has 1 aromatic heterocycles. The van der Waals surface area contributed by atoms with Gasteiger partial charge in [0, 0.05) is 6.54 Å². The normalized spacial score (nSPS) is 12.1. The second-order valence-electron chi connectivity index (χ2n) is 8.54. The summed E-state index contributed by atoms with van der Waals surface area (Å²) in [4.78, 5) is 0. The number of nitrogens with zero attached hydrogens (tertiary/aromatic N) is 6. The predicted molar refractivity (Wildman–Crippen MR) is 123 cm³/mol. The van der Waals surface area contributed by atoms with E-state index in [-0.39, 0.29) is 5.88 Å². The van der Waals surface area contributed by atoms with E-state index in [4.69, 9.17) is 0 Å². The molecule has 162 valence electrons. The number of benzene rings is 2. The van der Waals surface area contributed by atoms with Crippen molar-refractivity contribution in [1.29, 1.82) is 0 Å². The van der Waals surface area contributed by atoms with Crippen molar-refractivity contribution >= 4 is 22.7 Å². The lowest BCUT2D eigenvalue weighted by Gasteiger charge is -2.05. The summed E-state index contributed by atoms with van der Waals surface area (Å²) < 4.78 is 1.62. The molecule has 0 amide bonds. The summed E-state index contributed by atoms with van der Waals surface area (Å²) in [7, 11) is 0. The molecule has 7 nitrogen and oxygen atoms in total. The van der Waals surface area contributed by atoms with Crippen molar-refractivity contribution in [2.75, 3.05) is 0 Å². The number of aromatic hydroxyl groups is 1. The number of hydrogen-bond donors (Lipinski definition) is 1. The largest absolute Gasteiger partial charge is 0.492 e. The van der Waals surface area contributed by atoms with E-state index in [0.717, 1.165) is 23.5 Å². The van der Waals surface area contributed by atoms with Gasteiger partial charge in [0.15, 0.2) is 5.69 Å². The summed E-state index contributed by atoms with van der Waals surface area (Å²) in [6.45, 7) is 11.1. The van der Waals surface area contributed by atoms with Gasteiger partial charge in [-0.3, -0.25) is 0 Å². The molecule has 3 rings (SSSR count). The van der Waals surface area contributed by atoms with Crippen molar-refractivity contribution in [2.24, 2.45) is 32.3 Å². The van der Waals surface area contributed by atoms with Crippen LogP contribution >= 0.6 is 0 Å². The first-order chi connectivity index (χ1) is 14.8. The molecule has 0 bridgehead atoms. The van der Waals surface area contributed by atoms with Crippen LogP contribution in [0.15, 0.2) is 69.0 Å². The van der Waals surface area contributed by atoms with Crippen LogP contribution in [-0.4, -0.2) is 14.9 Å². The van der Waals surface area contributed by atoms with Crippen LogP contribution in [0, 0.1) is 18.8 Å². The van der Waals surface area contributed by atoms with Gasteiger partial charge in [-0.1, -0.05) is 45.4 Å². The molecule has 0 aliphatic heterocycles. The lowest BCUT2D eigenvalue weighted by Crippen LogP contribution is -2.06. The number of aromatic nitrogens is 2. The summed E-state index contributed by atoms with van der Waals surface area (Å²) in [6.07, 6.45) is 0.728. The molecule has 3 aromatic rings. The maximum Gasteiger partial charge on any atom is 0.238 e. The Morgan fingerprint density at radius 1 is 0.774 bits per heavy atom. The second kappa shape index (κ2) is 10.1. The molecule has 31 heavy (non-hydrogen) atoms. The van der Waals surface area contributed by atoms with Crippen LogP contribution in [-0.2, 0) is 13.0 Å². The third-order valence-corrected chi connectivity index (χ3v) is 4.54. The predicted octanol–water partition coefficient (Wildman–Crippen LogP) is 7.58. The molecule has 0 saturated heterocycles. The third-order valence-electron chi connectivity index (χ3n) is 4.54. The van der Waals surface area contributed by atoms with E-state index in [1.165, 1.54) is 5.56 Å². The van der Waals surface area contributed by atoms with Crippen molar-refractivity contribution in [3.8, 4) is 5.88 Å². The first kappa shape index (κ1) is 22.3. The lowest BCUT2D eigenvalue weighted by atomic mass is 10.1. The number of aryl methyl sites for hydroxylation is 1. The Kier molecular flexibility index (Phi) is 7.28. The molecular formula is C24H30N6O. The van der Waals surface area contributed by atoms with Gasteiger partial charge in [-0.15, -0.1) is 5.11 Å². The zero-order valence-corrected chi connectivity index (χ0v) is 18.8. The van der Waals surface area contributed by atoms with Crippen molar-refractivity contribution in [3.05, 3.63) is 59.8 Å². The van der Waals surface area contributed by atoms with Crippen molar-refractivity contribution in [1.82, 2.24) is 9.78 Å². The fourth-order valence-electron chi connectivity index (χ4n) is 3.01. The Bertz CT molecular complexity index is 1050. The van der Waals surface area contributed by atoms with Gasteiger partial charge in [0.2, 0.25) is 5.88 Å². The Morgan fingerprint density at radius 2 is 1.26 bits per heavy atom. The van der Waals surface area contributed by atoms with Crippen LogP contribution in [0.3, 0.4) is 0 Å². The molecule has 0 aliphatic rings. The maximum atomic E-state index is 10.6. The minimum Gasteiger partial charge on any atom is -0.492 e. The molecule has 0 aliphatic carbocycles. The van der Waals surface area contributed by atoms with E-state index in [0.29, 0.717) is 29.8 Å². The quantitative estimate of drug-likeness (QED) is 0.382. The van der Waals surface area contributed by atoms with Gasteiger partial charge in [0.1, 0.15) is 0 Å². The van der Waals surface area contributed by atoms with Crippen LogP contribution in [0.1, 0.15) is 39.0 Å². The van der Waals surface area contributed by atoms with E-state index in [1.807, 2.05) is 55.5 Å². The molecule has 0 radical (unpaired) electrons. The summed E-state index contributed by atoms with van der Waals surface area (Å²) in [6, 6.07) is 15.2.